The Morgan fingerprint density at radius 1 is 0.875 bits per heavy atom. The molecule has 0 saturated carbocycles. The predicted molar refractivity (Wildman–Crippen MR) is 83.9 cm³/mol. The molecule has 0 aliphatic heterocycles. The lowest BCUT2D eigenvalue weighted by molar-refractivity contribution is 0.416. The molecular weight excluding hydrogens is 426 g/mol. The van der Waals surface area contributed by atoms with Crippen LogP contribution in [0.2, 0.25) is 0 Å². The van der Waals surface area contributed by atoms with Crippen LogP contribution in [0.15, 0.2) is 42.5 Å². The fourth-order valence-corrected chi connectivity index (χ4v) is 3.02. The average Bonchev–Trinajstić information content (AvgIpc) is 2.30. The Kier molecular flexibility index (Phi) is 4.07. The summed E-state index contributed by atoms with van der Waals surface area (Å²) in [6.45, 7) is 0. The molecule has 0 amide bonds. The fraction of sp³-hybridized carbons (Fsp3) is 0.0769. The van der Waals surface area contributed by atoms with Crippen molar-refractivity contribution in [2.75, 3.05) is 7.11 Å². The minimum atomic E-state index is 0.927. The summed E-state index contributed by atoms with van der Waals surface area (Å²) >= 11 is 4.70. The van der Waals surface area contributed by atoms with E-state index < -0.39 is 0 Å². The van der Waals surface area contributed by atoms with Crippen LogP contribution in [0.1, 0.15) is 0 Å². The highest BCUT2D eigenvalue weighted by Gasteiger charge is 2.11. The molecule has 0 radical (unpaired) electrons. The highest BCUT2D eigenvalue weighted by atomic mass is 127. The van der Waals surface area contributed by atoms with Gasteiger partial charge in [-0.05, 0) is 68.9 Å². The molecule has 2 aromatic carbocycles. The van der Waals surface area contributed by atoms with E-state index in [1.165, 1.54) is 18.3 Å². The van der Waals surface area contributed by atoms with Gasteiger partial charge in [0, 0.05) is 12.7 Å². The normalized spacial score (nSPS) is 10.2. The van der Waals surface area contributed by atoms with Crippen molar-refractivity contribution in [2.45, 2.75) is 0 Å². The number of hydrogen-bond acceptors (Lipinski definition) is 1. The van der Waals surface area contributed by atoms with Crippen LogP contribution < -0.4 is 4.74 Å². The molecule has 0 bridgehead atoms. The Morgan fingerprint density at radius 3 is 2.25 bits per heavy atom. The molecule has 0 heterocycles. The third-order valence-corrected chi connectivity index (χ3v) is 4.18. The van der Waals surface area contributed by atoms with Gasteiger partial charge in [-0.1, -0.05) is 24.3 Å². The Bertz CT molecular complexity index is 509. The van der Waals surface area contributed by atoms with E-state index in [9.17, 15) is 0 Å². The van der Waals surface area contributed by atoms with Gasteiger partial charge in [-0.15, -0.1) is 0 Å². The topological polar surface area (TPSA) is 9.23 Å². The van der Waals surface area contributed by atoms with Gasteiger partial charge >= 0.3 is 0 Å². The number of benzene rings is 2. The van der Waals surface area contributed by atoms with Crippen LogP contribution in [0.25, 0.3) is 11.1 Å². The largest absolute Gasteiger partial charge is 0.496 e. The van der Waals surface area contributed by atoms with E-state index in [-0.39, 0.29) is 0 Å². The Morgan fingerprint density at radius 2 is 1.56 bits per heavy atom. The summed E-state index contributed by atoms with van der Waals surface area (Å²) in [4.78, 5) is 0. The molecule has 2 rings (SSSR count). The molecule has 0 unspecified atom stereocenters. The summed E-state index contributed by atoms with van der Waals surface area (Å²) in [6, 6.07) is 14.5. The van der Waals surface area contributed by atoms with Crippen molar-refractivity contribution in [1.82, 2.24) is 0 Å². The lowest BCUT2D eigenvalue weighted by Crippen LogP contribution is -1.92. The van der Waals surface area contributed by atoms with Crippen molar-refractivity contribution in [3.8, 4) is 16.9 Å². The number of methoxy groups -OCH3 is 1. The Hall–Kier alpha value is -0.300. The van der Waals surface area contributed by atoms with Gasteiger partial charge < -0.3 is 4.74 Å². The number of halogens is 2. The van der Waals surface area contributed by atoms with E-state index >= 15 is 0 Å². The van der Waals surface area contributed by atoms with E-state index in [1.807, 2.05) is 18.2 Å². The molecule has 0 atom stereocenters. The second-order valence-electron chi connectivity index (χ2n) is 3.30. The molecule has 0 spiro atoms. The van der Waals surface area contributed by atoms with Crippen molar-refractivity contribution in [3.05, 3.63) is 49.6 Å². The van der Waals surface area contributed by atoms with Crippen molar-refractivity contribution >= 4 is 45.2 Å². The standard InChI is InChI=1S/C13H10I2O/c1-16-12-8-4-7-11(15)13(12)9-5-2-3-6-10(9)14/h2-8H,1H3. The van der Waals surface area contributed by atoms with Gasteiger partial charge in [-0.3, -0.25) is 0 Å². The monoisotopic (exact) mass is 436 g/mol. The molecule has 2 aromatic rings. The van der Waals surface area contributed by atoms with Gasteiger partial charge in [0.05, 0.1) is 7.11 Å². The Labute approximate surface area is 122 Å². The van der Waals surface area contributed by atoms with E-state index in [4.69, 9.17) is 4.74 Å². The van der Waals surface area contributed by atoms with Crippen LogP contribution in [0.3, 0.4) is 0 Å². The van der Waals surface area contributed by atoms with Crippen molar-refractivity contribution in [3.63, 3.8) is 0 Å². The Balaban J connectivity index is 2.68. The minimum absolute atomic E-state index is 0.927. The second kappa shape index (κ2) is 5.35. The summed E-state index contributed by atoms with van der Waals surface area (Å²) in [5.74, 6) is 0.927. The highest BCUT2D eigenvalue weighted by molar-refractivity contribution is 14.1. The molecule has 16 heavy (non-hydrogen) atoms. The molecule has 3 heteroatoms. The molecule has 82 valence electrons. The highest BCUT2D eigenvalue weighted by Crippen LogP contribution is 2.36. The molecule has 0 aliphatic rings. The van der Waals surface area contributed by atoms with Gasteiger partial charge in [-0.25, -0.2) is 0 Å². The molecule has 0 aliphatic carbocycles. The maximum absolute atomic E-state index is 5.43. The predicted octanol–water partition coefficient (Wildman–Crippen LogP) is 4.57. The van der Waals surface area contributed by atoms with Gasteiger partial charge in [0.25, 0.3) is 0 Å². The smallest absolute Gasteiger partial charge is 0.127 e. The molecule has 1 nitrogen and oxygen atoms in total. The van der Waals surface area contributed by atoms with Gasteiger partial charge in [-0.2, -0.15) is 0 Å². The lowest BCUT2D eigenvalue weighted by atomic mass is 10.1. The summed E-state index contributed by atoms with van der Waals surface area (Å²) in [6.07, 6.45) is 0. The van der Waals surface area contributed by atoms with Crippen LogP contribution >= 0.6 is 45.2 Å². The zero-order chi connectivity index (χ0) is 11.5. The van der Waals surface area contributed by atoms with Crippen LogP contribution in [-0.2, 0) is 0 Å². The summed E-state index contributed by atoms with van der Waals surface area (Å²) in [7, 11) is 1.71. The summed E-state index contributed by atoms with van der Waals surface area (Å²) in [5.41, 5.74) is 2.40. The SMILES string of the molecule is COc1cccc(I)c1-c1ccccc1I. The lowest BCUT2D eigenvalue weighted by Gasteiger charge is -2.12. The fourth-order valence-electron chi connectivity index (χ4n) is 1.60. The first-order valence-electron chi connectivity index (χ1n) is 4.81. The van der Waals surface area contributed by atoms with Crippen LogP contribution in [-0.4, -0.2) is 7.11 Å². The van der Waals surface area contributed by atoms with Crippen molar-refractivity contribution in [2.24, 2.45) is 0 Å². The maximum atomic E-state index is 5.43. The zero-order valence-corrected chi connectivity index (χ0v) is 13.0. The van der Waals surface area contributed by atoms with E-state index in [1.54, 1.807) is 7.11 Å². The number of hydrogen-bond donors (Lipinski definition) is 0. The van der Waals surface area contributed by atoms with Gasteiger partial charge in [0.15, 0.2) is 0 Å². The van der Waals surface area contributed by atoms with Crippen LogP contribution in [0.5, 0.6) is 5.75 Å². The summed E-state index contributed by atoms with van der Waals surface area (Å²) in [5, 5.41) is 0. The van der Waals surface area contributed by atoms with E-state index in [0.717, 1.165) is 5.75 Å². The number of ether oxygens (including phenoxy) is 1. The second-order valence-corrected chi connectivity index (χ2v) is 5.62. The first-order chi connectivity index (χ1) is 7.74. The maximum Gasteiger partial charge on any atom is 0.127 e. The molecule has 0 aromatic heterocycles. The minimum Gasteiger partial charge on any atom is -0.496 e. The number of rotatable bonds is 2. The van der Waals surface area contributed by atoms with Crippen molar-refractivity contribution < 1.29 is 4.74 Å². The summed E-state index contributed by atoms with van der Waals surface area (Å²) < 4.78 is 7.88. The first-order valence-corrected chi connectivity index (χ1v) is 6.97. The van der Waals surface area contributed by atoms with Gasteiger partial charge in [0.1, 0.15) is 5.75 Å². The average molecular weight is 436 g/mol. The molecule has 0 saturated heterocycles. The molecule has 0 N–H and O–H groups in total. The zero-order valence-electron chi connectivity index (χ0n) is 8.71. The quantitative estimate of drug-likeness (QED) is 0.628. The van der Waals surface area contributed by atoms with Crippen LogP contribution in [0, 0.1) is 7.14 Å². The van der Waals surface area contributed by atoms with Gasteiger partial charge in [0.2, 0.25) is 0 Å². The third kappa shape index (κ3) is 2.34. The van der Waals surface area contributed by atoms with Crippen molar-refractivity contribution in [1.29, 1.82) is 0 Å². The molecular formula is C13H10I2O. The van der Waals surface area contributed by atoms with E-state index in [2.05, 4.69) is 69.4 Å². The van der Waals surface area contributed by atoms with E-state index in [0.29, 0.717) is 0 Å². The third-order valence-electron chi connectivity index (χ3n) is 2.34. The molecule has 0 fully saturated rings. The first kappa shape index (κ1) is 12.2. The van der Waals surface area contributed by atoms with Crippen LogP contribution in [0.4, 0.5) is 0 Å².